The minimum Gasteiger partial charge on any atom is -0.391 e. The summed E-state index contributed by atoms with van der Waals surface area (Å²) in [6.07, 6.45) is 1.54. The van der Waals surface area contributed by atoms with Crippen LogP contribution in [0, 0.1) is 0 Å². The van der Waals surface area contributed by atoms with Crippen molar-refractivity contribution in [3.8, 4) is 0 Å². The van der Waals surface area contributed by atoms with Gasteiger partial charge in [-0.05, 0) is 26.3 Å². The molecule has 0 unspecified atom stereocenters. The zero-order chi connectivity index (χ0) is 10.6. The highest BCUT2D eigenvalue weighted by Crippen LogP contribution is 2.04. The SMILES string of the molecule is C[C@@H](O)[C@H](NC[C@@H]1CCCN1)C(N)=O. The summed E-state index contributed by atoms with van der Waals surface area (Å²) in [5.74, 6) is -0.502. The molecule has 0 aromatic rings. The fourth-order valence-corrected chi connectivity index (χ4v) is 1.71. The molecule has 0 aromatic heterocycles. The van der Waals surface area contributed by atoms with Gasteiger partial charge in [0.15, 0.2) is 0 Å². The van der Waals surface area contributed by atoms with Crippen LogP contribution in [-0.2, 0) is 4.79 Å². The first-order valence-corrected chi connectivity index (χ1v) is 5.05. The summed E-state index contributed by atoms with van der Waals surface area (Å²) in [5, 5.41) is 15.5. The summed E-state index contributed by atoms with van der Waals surface area (Å²) in [6, 6.07) is -0.243. The van der Waals surface area contributed by atoms with Crippen molar-refractivity contribution in [1.29, 1.82) is 0 Å². The maximum absolute atomic E-state index is 10.9. The number of aliphatic hydroxyl groups excluding tert-OH is 1. The predicted octanol–water partition coefficient (Wildman–Crippen LogP) is -1.44. The molecule has 1 heterocycles. The van der Waals surface area contributed by atoms with Crippen molar-refractivity contribution in [2.24, 2.45) is 5.73 Å². The smallest absolute Gasteiger partial charge is 0.237 e. The number of primary amides is 1. The van der Waals surface area contributed by atoms with Crippen LogP contribution >= 0.6 is 0 Å². The number of nitrogens with one attached hydrogen (secondary N) is 2. The van der Waals surface area contributed by atoms with Gasteiger partial charge in [0.1, 0.15) is 6.04 Å². The summed E-state index contributed by atoms with van der Waals surface area (Å²) >= 11 is 0. The van der Waals surface area contributed by atoms with Crippen LogP contribution in [0.4, 0.5) is 0 Å². The third-order valence-electron chi connectivity index (χ3n) is 2.54. The summed E-state index contributed by atoms with van der Waals surface area (Å²) in [5.41, 5.74) is 5.14. The summed E-state index contributed by atoms with van der Waals surface area (Å²) in [7, 11) is 0. The largest absolute Gasteiger partial charge is 0.391 e. The molecule has 5 N–H and O–H groups in total. The quantitative estimate of drug-likeness (QED) is 0.439. The monoisotopic (exact) mass is 201 g/mol. The Balaban J connectivity index is 2.28. The molecule has 0 bridgehead atoms. The fraction of sp³-hybridized carbons (Fsp3) is 0.889. The van der Waals surface area contributed by atoms with Crippen LogP contribution in [0.5, 0.6) is 0 Å². The molecule has 1 aliphatic heterocycles. The molecule has 0 saturated carbocycles. The van der Waals surface area contributed by atoms with Crippen LogP contribution < -0.4 is 16.4 Å². The Hall–Kier alpha value is -0.650. The highest BCUT2D eigenvalue weighted by atomic mass is 16.3. The van der Waals surface area contributed by atoms with Crippen molar-refractivity contribution in [3.63, 3.8) is 0 Å². The van der Waals surface area contributed by atoms with Crippen molar-refractivity contribution < 1.29 is 9.90 Å². The van der Waals surface area contributed by atoms with E-state index in [-0.39, 0.29) is 0 Å². The van der Waals surface area contributed by atoms with Gasteiger partial charge in [0, 0.05) is 12.6 Å². The molecular formula is C9H19N3O2. The van der Waals surface area contributed by atoms with Gasteiger partial charge >= 0.3 is 0 Å². The second kappa shape index (κ2) is 5.29. The zero-order valence-electron chi connectivity index (χ0n) is 8.49. The maximum Gasteiger partial charge on any atom is 0.237 e. The number of nitrogens with two attached hydrogens (primary N) is 1. The molecule has 0 spiro atoms. The van der Waals surface area contributed by atoms with Crippen molar-refractivity contribution in [2.45, 2.75) is 38.0 Å². The Bertz CT molecular complexity index is 190. The van der Waals surface area contributed by atoms with E-state index in [0.29, 0.717) is 12.6 Å². The number of carbonyl (C=O) groups is 1. The average molecular weight is 201 g/mol. The van der Waals surface area contributed by atoms with Crippen molar-refractivity contribution >= 4 is 5.91 Å². The second-order valence-corrected chi connectivity index (χ2v) is 3.82. The molecule has 5 heteroatoms. The minimum atomic E-state index is -0.742. The van der Waals surface area contributed by atoms with Gasteiger partial charge in [-0.15, -0.1) is 0 Å². The first-order chi connectivity index (χ1) is 6.61. The van der Waals surface area contributed by atoms with Gasteiger partial charge in [0.05, 0.1) is 6.10 Å². The van der Waals surface area contributed by atoms with E-state index in [4.69, 9.17) is 5.73 Å². The lowest BCUT2D eigenvalue weighted by molar-refractivity contribution is -0.122. The van der Waals surface area contributed by atoms with E-state index in [2.05, 4.69) is 10.6 Å². The van der Waals surface area contributed by atoms with Gasteiger partial charge in [-0.25, -0.2) is 0 Å². The molecule has 0 aromatic carbocycles. The van der Waals surface area contributed by atoms with E-state index in [1.165, 1.54) is 6.42 Å². The summed E-state index contributed by atoms with van der Waals surface area (Å²) < 4.78 is 0. The molecule has 82 valence electrons. The van der Waals surface area contributed by atoms with Crippen molar-refractivity contribution in [3.05, 3.63) is 0 Å². The molecule has 1 aliphatic rings. The lowest BCUT2D eigenvalue weighted by atomic mass is 10.1. The average Bonchev–Trinajstić information content (AvgIpc) is 2.55. The Morgan fingerprint density at radius 1 is 1.79 bits per heavy atom. The Labute approximate surface area is 84.0 Å². The molecule has 3 atom stereocenters. The first kappa shape index (κ1) is 11.4. The van der Waals surface area contributed by atoms with Crippen LogP contribution in [0.25, 0.3) is 0 Å². The fourth-order valence-electron chi connectivity index (χ4n) is 1.71. The number of amides is 1. The molecule has 0 aliphatic carbocycles. The predicted molar refractivity (Wildman–Crippen MR) is 53.7 cm³/mol. The molecule has 14 heavy (non-hydrogen) atoms. The van der Waals surface area contributed by atoms with E-state index in [9.17, 15) is 9.90 Å². The lowest BCUT2D eigenvalue weighted by Gasteiger charge is -2.20. The van der Waals surface area contributed by atoms with Crippen molar-refractivity contribution in [2.75, 3.05) is 13.1 Å². The molecule has 5 nitrogen and oxygen atoms in total. The molecular weight excluding hydrogens is 182 g/mol. The topological polar surface area (TPSA) is 87.4 Å². The third-order valence-corrected chi connectivity index (χ3v) is 2.54. The van der Waals surface area contributed by atoms with E-state index in [1.807, 2.05) is 0 Å². The molecule has 0 radical (unpaired) electrons. The van der Waals surface area contributed by atoms with Gasteiger partial charge in [-0.1, -0.05) is 0 Å². The number of hydrogen-bond acceptors (Lipinski definition) is 4. The maximum atomic E-state index is 10.9. The molecule has 1 amide bonds. The van der Waals surface area contributed by atoms with Crippen LogP contribution in [0.3, 0.4) is 0 Å². The highest BCUT2D eigenvalue weighted by molar-refractivity contribution is 5.80. The Morgan fingerprint density at radius 3 is 2.93 bits per heavy atom. The summed E-state index contributed by atoms with van der Waals surface area (Å²) in [6.45, 7) is 3.27. The molecule has 1 saturated heterocycles. The van der Waals surface area contributed by atoms with E-state index in [1.54, 1.807) is 6.92 Å². The summed E-state index contributed by atoms with van der Waals surface area (Å²) in [4.78, 5) is 10.9. The van der Waals surface area contributed by atoms with Gasteiger partial charge in [-0.3, -0.25) is 4.79 Å². The Morgan fingerprint density at radius 2 is 2.50 bits per heavy atom. The van der Waals surface area contributed by atoms with Gasteiger partial charge in [0.2, 0.25) is 5.91 Å². The molecule has 1 rings (SSSR count). The van der Waals surface area contributed by atoms with E-state index in [0.717, 1.165) is 13.0 Å². The lowest BCUT2D eigenvalue weighted by Crippen LogP contribution is -2.51. The van der Waals surface area contributed by atoms with Crippen molar-refractivity contribution in [1.82, 2.24) is 10.6 Å². The van der Waals surface area contributed by atoms with Crippen LogP contribution in [0.15, 0.2) is 0 Å². The van der Waals surface area contributed by atoms with Gasteiger partial charge < -0.3 is 21.5 Å². The number of rotatable bonds is 5. The highest BCUT2D eigenvalue weighted by Gasteiger charge is 2.22. The third kappa shape index (κ3) is 3.25. The minimum absolute atomic E-state index is 0.399. The second-order valence-electron chi connectivity index (χ2n) is 3.82. The standard InChI is InChI=1S/C9H19N3O2/c1-6(13)8(9(10)14)12-5-7-3-2-4-11-7/h6-8,11-13H,2-5H2,1H3,(H2,10,14)/t6-,7+,8+/m1/s1. The van der Waals surface area contributed by atoms with Gasteiger partial charge in [-0.2, -0.15) is 0 Å². The number of carbonyl (C=O) groups excluding carboxylic acids is 1. The first-order valence-electron chi connectivity index (χ1n) is 5.05. The van der Waals surface area contributed by atoms with E-state index >= 15 is 0 Å². The van der Waals surface area contributed by atoms with Gasteiger partial charge in [0.25, 0.3) is 0 Å². The number of hydrogen-bond donors (Lipinski definition) is 4. The number of aliphatic hydroxyl groups is 1. The zero-order valence-corrected chi connectivity index (χ0v) is 8.49. The molecule has 1 fully saturated rings. The van der Waals surface area contributed by atoms with Crippen LogP contribution in [0.1, 0.15) is 19.8 Å². The van der Waals surface area contributed by atoms with Crippen LogP contribution in [-0.4, -0.2) is 42.3 Å². The normalized spacial score (nSPS) is 26.0. The van der Waals surface area contributed by atoms with E-state index < -0.39 is 18.1 Å². The van der Waals surface area contributed by atoms with Crippen LogP contribution in [0.2, 0.25) is 0 Å². The Kier molecular flexibility index (Phi) is 4.31.